The maximum Gasteiger partial charge on any atom is 0.253 e. The first-order valence-corrected chi connectivity index (χ1v) is 12.9. The average Bonchev–Trinajstić information content (AvgIpc) is 3.30. The van der Waals surface area contributed by atoms with Gasteiger partial charge in [-0.1, -0.05) is 30.0 Å². The summed E-state index contributed by atoms with van der Waals surface area (Å²) < 4.78 is 12.8. The van der Waals surface area contributed by atoms with Gasteiger partial charge in [0.05, 0.1) is 30.5 Å². The summed E-state index contributed by atoms with van der Waals surface area (Å²) in [4.78, 5) is 18.2. The van der Waals surface area contributed by atoms with Crippen LogP contribution in [0.15, 0.2) is 87.7 Å². The lowest BCUT2D eigenvalue weighted by Crippen LogP contribution is -2.28. The van der Waals surface area contributed by atoms with Crippen LogP contribution in [-0.4, -0.2) is 44.3 Å². The van der Waals surface area contributed by atoms with Crippen molar-refractivity contribution < 1.29 is 13.9 Å². The van der Waals surface area contributed by atoms with Crippen molar-refractivity contribution in [2.24, 2.45) is 5.10 Å². The molecule has 0 radical (unpaired) electrons. The van der Waals surface area contributed by atoms with Crippen molar-refractivity contribution in [2.75, 3.05) is 12.9 Å². The van der Waals surface area contributed by atoms with Crippen molar-refractivity contribution in [3.63, 3.8) is 0 Å². The summed E-state index contributed by atoms with van der Waals surface area (Å²) in [7, 11) is 1.64. The minimum absolute atomic E-state index is 0.117. The predicted octanol–water partition coefficient (Wildman–Crippen LogP) is 5.22. The van der Waals surface area contributed by atoms with Crippen LogP contribution in [0.4, 0.5) is 0 Å². The fraction of sp³-hybridized carbons (Fsp3) is 0.259. The number of nitrogens with zero attached hydrogens (tertiary/aromatic N) is 5. The normalized spacial score (nSPS) is 17.3. The highest BCUT2D eigenvalue weighted by atomic mass is 32.2. The van der Waals surface area contributed by atoms with Crippen molar-refractivity contribution in [3.8, 4) is 11.4 Å². The molecule has 0 bridgehead atoms. The lowest BCUT2D eigenvalue weighted by molar-refractivity contribution is -0.130. The number of hydrogen-bond acceptors (Lipinski definition) is 7. The number of rotatable bonds is 8. The SMILES string of the molecule is COc1ccc(C2=NN(C(=O)CSc3nc(C4CC4)n(-c4ccccc4)n3)[C@@H](c3ccco3)C2)cc1. The molecule has 2 aromatic carbocycles. The molecule has 182 valence electrons. The van der Waals surface area contributed by atoms with Crippen LogP contribution in [0.25, 0.3) is 5.69 Å². The molecule has 0 spiro atoms. The van der Waals surface area contributed by atoms with Crippen LogP contribution in [0.1, 0.15) is 48.4 Å². The number of para-hydroxylation sites is 1. The highest BCUT2D eigenvalue weighted by molar-refractivity contribution is 7.99. The lowest BCUT2D eigenvalue weighted by Gasteiger charge is -2.19. The second-order valence-electron chi connectivity index (χ2n) is 8.81. The van der Waals surface area contributed by atoms with Crippen molar-refractivity contribution in [1.29, 1.82) is 0 Å². The Morgan fingerprint density at radius 2 is 1.89 bits per heavy atom. The van der Waals surface area contributed by atoms with Gasteiger partial charge in [-0.3, -0.25) is 4.79 Å². The first-order valence-electron chi connectivity index (χ1n) is 11.9. The van der Waals surface area contributed by atoms with Gasteiger partial charge in [0.1, 0.15) is 23.4 Å². The molecule has 0 saturated heterocycles. The van der Waals surface area contributed by atoms with E-state index in [1.165, 1.54) is 11.8 Å². The molecule has 8 nitrogen and oxygen atoms in total. The predicted molar refractivity (Wildman–Crippen MR) is 137 cm³/mol. The fourth-order valence-electron chi connectivity index (χ4n) is 4.32. The summed E-state index contributed by atoms with van der Waals surface area (Å²) in [6, 6.07) is 21.1. The number of benzene rings is 2. The number of amides is 1. The third-order valence-electron chi connectivity index (χ3n) is 6.34. The van der Waals surface area contributed by atoms with E-state index in [4.69, 9.17) is 24.3 Å². The van der Waals surface area contributed by atoms with Crippen LogP contribution < -0.4 is 4.74 Å². The van der Waals surface area contributed by atoms with E-state index in [0.717, 1.165) is 41.4 Å². The van der Waals surface area contributed by atoms with Gasteiger partial charge in [-0.05, 0) is 66.9 Å². The van der Waals surface area contributed by atoms with E-state index in [9.17, 15) is 4.79 Å². The highest BCUT2D eigenvalue weighted by Crippen LogP contribution is 2.40. The van der Waals surface area contributed by atoms with Gasteiger partial charge in [-0.2, -0.15) is 5.10 Å². The molecule has 36 heavy (non-hydrogen) atoms. The molecule has 2 aromatic heterocycles. The number of ether oxygens (including phenoxy) is 1. The number of carbonyl (C=O) groups is 1. The standard InChI is InChI=1S/C27H25N5O3S/c1-34-21-13-11-18(12-14-21)22-16-23(24-8-5-15-35-24)32(29-22)25(33)17-36-27-28-26(19-9-10-19)31(30-27)20-6-3-2-4-7-20/h2-8,11-15,19,23H,9-10,16-17H2,1H3/t23-/m1/s1. The Balaban J connectivity index is 1.22. The van der Waals surface area contributed by atoms with E-state index >= 15 is 0 Å². The smallest absolute Gasteiger partial charge is 0.253 e. The van der Waals surface area contributed by atoms with Crippen LogP contribution in [0.3, 0.4) is 0 Å². The summed E-state index contributed by atoms with van der Waals surface area (Å²) in [5.41, 5.74) is 2.77. The number of furan rings is 1. The topological polar surface area (TPSA) is 85.8 Å². The zero-order valence-electron chi connectivity index (χ0n) is 19.8. The van der Waals surface area contributed by atoms with Gasteiger partial charge in [0.25, 0.3) is 5.91 Å². The van der Waals surface area contributed by atoms with Crippen molar-refractivity contribution in [2.45, 2.75) is 36.4 Å². The Bertz CT molecular complexity index is 1380. The number of hydrazone groups is 1. The summed E-state index contributed by atoms with van der Waals surface area (Å²) >= 11 is 1.34. The third kappa shape index (κ3) is 4.54. The zero-order valence-corrected chi connectivity index (χ0v) is 20.6. The molecule has 3 heterocycles. The average molecular weight is 500 g/mol. The number of aromatic nitrogens is 3. The van der Waals surface area contributed by atoms with Gasteiger partial charge in [-0.25, -0.2) is 14.7 Å². The molecular formula is C27H25N5O3S. The van der Waals surface area contributed by atoms with Gasteiger partial charge in [-0.15, -0.1) is 5.10 Å². The Morgan fingerprint density at radius 1 is 1.08 bits per heavy atom. The molecule has 0 unspecified atom stereocenters. The van der Waals surface area contributed by atoms with Crippen LogP contribution in [-0.2, 0) is 4.79 Å². The van der Waals surface area contributed by atoms with Crippen LogP contribution >= 0.6 is 11.8 Å². The van der Waals surface area contributed by atoms with Crippen LogP contribution in [0.2, 0.25) is 0 Å². The van der Waals surface area contributed by atoms with Crippen molar-refractivity contribution in [3.05, 3.63) is 90.1 Å². The molecule has 2 aliphatic rings. The highest BCUT2D eigenvalue weighted by Gasteiger charge is 2.35. The molecule has 4 aromatic rings. The van der Waals surface area contributed by atoms with Gasteiger partial charge >= 0.3 is 0 Å². The van der Waals surface area contributed by atoms with Gasteiger partial charge in [0, 0.05) is 12.3 Å². The first kappa shape index (κ1) is 22.6. The zero-order chi connectivity index (χ0) is 24.5. The molecule has 9 heteroatoms. The Kier molecular flexibility index (Phi) is 6.06. The summed E-state index contributed by atoms with van der Waals surface area (Å²) in [5, 5.41) is 11.6. The summed E-state index contributed by atoms with van der Waals surface area (Å²) in [5.74, 6) is 2.95. The van der Waals surface area contributed by atoms with Gasteiger partial charge < -0.3 is 9.15 Å². The van der Waals surface area contributed by atoms with Crippen LogP contribution in [0, 0.1) is 0 Å². The van der Waals surface area contributed by atoms with E-state index in [1.807, 2.05) is 71.4 Å². The number of hydrogen-bond donors (Lipinski definition) is 0. The van der Waals surface area contributed by atoms with Crippen LogP contribution in [0.5, 0.6) is 5.75 Å². The molecule has 1 saturated carbocycles. The van der Waals surface area contributed by atoms with E-state index in [1.54, 1.807) is 18.4 Å². The van der Waals surface area contributed by atoms with Crippen molar-refractivity contribution >= 4 is 23.4 Å². The van der Waals surface area contributed by atoms with E-state index in [0.29, 0.717) is 23.3 Å². The molecule has 1 amide bonds. The molecule has 0 N–H and O–H groups in total. The Hall–Kier alpha value is -3.85. The summed E-state index contributed by atoms with van der Waals surface area (Å²) in [6.07, 6.45) is 4.44. The Labute approximate surface area is 213 Å². The minimum Gasteiger partial charge on any atom is -0.497 e. The van der Waals surface area contributed by atoms with E-state index in [-0.39, 0.29) is 17.7 Å². The largest absolute Gasteiger partial charge is 0.497 e. The van der Waals surface area contributed by atoms with E-state index < -0.39 is 0 Å². The molecule has 6 rings (SSSR count). The lowest BCUT2D eigenvalue weighted by atomic mass is 10.0. The quantitative estimate of drug-likeness (QED) is 0.309. The number of thioether (sulfide) groups is 1. The second kappa shape index (κ2) is 9.66. The molecule has 1 aliphatic heterocycles. The van der Waals surface area contributed by atoms with Gasteiger partial charge in [0.15, 0.2) is 0 Å². The minimum atomic E-state index is -0.290. The maximum absolute atomic E-state index is 13.4. The monoisotopic (exact) mass is 499 g/mol. The summed E-state index contributed by atoms with van der Waals surface area (Å²) in [6.45, 7) is 0. The maximum atomic E-state index is 13.4. The van der Waals surface area contributed by atoms with Crippen molar-refractivity contribution in [1.82, 2.24) is 19.8 Å². The second-order valence-corrected chi connectivity index (χ2v) is 9.75. The third-order valence-corrected chi connectivity index (χ3v) is 7.16. The molecule has 1 atom stereocenters. The molecule has 1 fully saturated rings. The number of carbonyl (C=O) groups excluding carboxylic acids is 1. The van der Waals surface area contributed by atoms with Gasteiger partial charge in [0.2, 0.25) is 5.16 Å². The molecular weight excluding hydrogens is 474 g/mol. The Morgan fingerprint density at radius 3 is 2.58 bits per heavy atom. The first-order chi connectivity index (χ1) is 17.7. The number of methoxy groups -OCH3 is 1. The van der Waals surface area contributed by atoms with E-state index in [2.05, 4.69) is 0 Å². The molecule has 1 aliphatic carbocycles. The fourth-order valence-corrected chi connectivity index (χ4v) is 5.01.